The number of fused-ring (bicyclic) bond motifs is 1. The van der Waals surface area contributed by atoms with E-state index >= 15 is 0 Å². The Kier molecular flexibility index (Phi) is 6.45. The number of nitrogens with zero attached hydrogens (tertiary/aromatic N) is 4. The van der Waals surface area contributed by atoms with Crippen LogP contribution in [-0.4, -0.2) is 21.1 Å². The van der Waals surface area contributed by atoms with E-state index in [9.17, 15) is 4.39 Å². The van der Waals surface area contributed by atoms with Crippen LogP contribution in [0.15, 0.2) is 70.9 Å². The van der Waals surface area contributed by atoms with Crippen LogP contribution < -0.4 is 0 Å². The molecule has 1 aromatic heterocycles. The van der Waals surface area contributed by atoms with E-state index in [1.54, 1.807) is 16.8 Å². The van der Waals surface area contributed by atoms with Crippen molar-refractivity contribution < 1.29 is 4.39 Å². The minimum atomic E-state index is -0.325. The molecule has 0 aliphatic rings. The second-order valence-electron chi connectivity index (χ2n) is 6.76. The van der Waals surface area contributed by atoms with Gasteiger partial charge in [0, 0.05) is 28.3 Å². The normalized spacial score (nSPS) is 11.6. The molecule has 30 heavy (non-hydrogen) atoms. The third kappa shape index (κ3) is 4.40. The summed E-state index contributed by atoms with van der Waals surface area (Å²) in [5, 5.41) is 16.5. The van der Waals surface area contributed by atoms with E-state index < -0.39 is 0 Å². The third-order valence-corrected chi connectivity index (χ3v) is 5.99. The highest BCUT2D eigenvalue weighted by Crippen LogP contribution is 2.28. The molecule has 4 aromatic rings. The first-order valence-corrected chi connectivity index (χ1v) is 11.1. The molecule has 0 aliphatic heterocycles. The SMILES string of the molecule is CCCc1nnc(SCc2c(F)cccc2Cl)n1N=Cc1cccc2ccccc12. The number of thioether (sulfide) groups is 1. The Bertz CT molecular complexity index is 1180. The molecular weight excluding hydrogens is 419 g/mol. The van der Waals surface area contributed by atoms with Crippen LogP contribution in [0.4, 0.5) is 4.39 Å². The molecule has 0 saturated heterocycles. The highest BCUT2D eigenvalue weighted by atomic mass is 35.5. The molecule has 0 saturated carbocycles. The largest absolute Gasteiger partial charge is 0.212 e. The quantitative estimate of drug-likeness (QED) is 0.249. The highest BCUT2D eigenvalue weighted by molar-refractivity contribution is 7.98. The predicted molar refractivity (Wildman–Crippen MR) is 122 cm³/mol. The van der Waals surface area contributed by atoms with Gasteiger partial charge in [-0.25, -0.2) is 4.39 Å². The fourth-order valence-electron chi connectivity index (χ4n) is 3.17. The molecule has 0 unspecified atom stereocenters. The van der Waals surface area contributed by atoms with Gasteiger partial charge < -0.3 is 0 Å². The molecule has 0 spiro atoms. The van der Waals surface area contributed by atoms with Gasteiger partial charge in [-0.15, -0.1) is 10.2 Å². The summed E-state index contributed by atoms with van der Waals surface area (Å²) in [5.41, 5.74) is 1.46. The van der Waals surface area contributed by atoms with Gasteiger partial charge in [-0.05, 0) is 29.3 Å². The Balaban J connectivity index is 1.65. The molecule has 7 heteroatoms. The van der Waals surface area contributed by atoms with Gasteiger partial charge in [-0.1, -0.05) is 78.8 Å². The van der Waals surface area contributed by atoms with Crippen LogP contribution in [0, 0.1) is 5.82 Å². The Morgan fingerprint density at radius 1 is 1.07 bits per heavy atom. The zero-order valence-corrected chi connectivity index (χ0v) is 18.0. The number of benzene rings is 3. The Labute approximate surface area is 183 Å². The summed E-state index contributed by atoms with van der Waals surface area (Å²) < 4.78 is 15.9. The fraction of sp³-hybridized carbons (Fsp3) is 0.174. The summed E-state index contributed by atoms with van der Waals surface area (Å²) in [7, 11) is 0. The second kappa shape index (κ2) is 9.41. The number of rotatable bonds is 7. The van der Waals surface area contributed by atoms with Gasteiger partial charge in [0.2, 0.25) is 5.16 Å². The molecule has 0 amide bonds. The lowest BCUT2D eigenvalue weighted by Crippen LogP contribution is -2.01. The Morgan fingerprint density at radius 3 is 2.70 bits per heavy atom. The molecular formula is C23H20ClFN4S. The average Bonchev–Trinajstić information content (AvgIpc) is 3.13. The Hall–Kier alpha value is -2.70. The van der Waals surface area contributed by atoms with Crippen LogP contribution in [0.3, 0.4) is 0 Å². The molecule has 4 rings (SSSR count). The summed E-state index contributed by atoms with van der Waals surface area (Å²) >= 11 is 7.53. The number of hydrogen-bond acceptors (Lipinski definition) is 4. The average molecular weight is 439 g/mol. The molecule has 3 aromatic carbocycles. The molecule has 4 nitrogen and oxygen atoms in total. The molecule has 0 aliphatic carbocycles. The summed E-state index contributed by atoms with van der Waals surface area (Å²) in [6.45, 7) is 2.08. The first-order chi connectivity index (χ1) is 14.7. The van der Waals surface area contributed by atoms with Gasteiger partial charge in [0.25, 0.3) is 0 Å². The molecule has 1 heterocycles. The molecule has 0 fully saturated rings. The van der Waals surface area contributed by atoms with Gasteiger partial charge in [-0.2, -0.15) is 9.78 Å². The fourth-order valence-corrected chi connectivity index (χ4v) is 4.42. The molecule has 0 bridgehead atoms. The maximum atomic E-state index is 14.1. The van der Waals surface area contributed by atoms with Crippen LogP contribution in [-0.2, 0) is 12.2 Å². The van der Waals surface area contributed by atoms with Crippen molar-refractivity contribution in [1.82, 2.24) is 14.9 Å². The van der Waals surface area contributed by atoms with Crippen molar-refractivity contribution in [3.63, 3.8) is 0 Å². The predicted octanol–water partition coefficient (Wildman–Crippen LogP) is 6.35. The van der Waals surface area contributed by atoms with Crippen LogP contribution >= 0.6 is 23.4 Å². The van der Waals surface area contributed by atoms with Crippen LogP contribution in [0.2, 0.25) is 5.02 Å². The highest BCUT2D eigenvalue weighted by Gasteiger charge is 2.14. The van der Waals surface area contributed by atoms with Crippen molar-refractivity contribution in [3.8, 4) is 0 Å². The second-order valence-corrected chi connectivity index (χ2v) is 8.11. The van der Waals surface area contributed by atoms with Crippen molar-refractivity contribution in [2.24, 2.45) is 5.10 Å². The number of halogens is 2. The van der Waals surface area contributed by atoms with Crippen molar-refractivity contribution in [1.29, 1.82) is 0 Å². The maximum Gasteiger partial charge on any atom is 0.212 e. The summed E-state index contributed by atoms with van der Waals surface area (Å²) in [5.74, 6) is 0.796. The first-order valence-electron chi connectivity index (χ1n) is 9.69. The van der Waals surface area contributed by atoms with Gasteiger partial charge in [-0.3, -0.25) is 0 Å². The summed E-state index contributed by atoms with van der Waals surface area (Å²) in [6, 6.07) is 19.0. The van der Waals surface area contributed by atoms with Crippen molar-refractivity contribution in [3.05, 3.63) is 88.5 Å². The minimum Gasteiger partial charge on any atom is -0.207 e. The first kappa shape index (κ1) is 20.6. The van der Waals surface area contributed by atoms with Gasteiger partial charge in [0.05, 0.1) is 6.21 Å². The van der Waals surface area contributed by atoms with Crippen LogP contribution in [0.5, 0.6) is 0 Å². The van der Waals surface area contributed by atoms with E-state index in [1.165, 1.54) is 17.8 Å². The van der Waals surface area contributed by atoms with Crippen molar-refractivity contribution in [2.45, 2.75) is 30.7 Å². The monoisotopic (exact) mass is 438 g/mol. The Morgan fingerprint density at radius 2 is 1.87 bits per heavy atom. The summed E-state index contributed by atoms with van der Waals surface area (Å²) in [6.07, 6.45) is 3.50. The molecule has 0 atom stereocenters. The van der Waals surface area contributed by atoms with E-state index in [1.807, 2.05) is 30.5 Å². The summed E-state index contributed by atoms with van der Waals surface area (Å²) in [4.78, 5) is 0. The van der Waals surface area contributed by atoms with E-state index in [0.29, 0.717) is 21.5 Å². The van der Waals surface area contributed by atoms with Crippen molar-refractivity contribution >= 4 is 40.3 Å². The van der Waals surface area contributed by atoms with E-state index in [2.05, 4.69) is 40.4 Å². The molecule has 0 N–H and O–H groups in total. The van der Waals surface area contributed by atoms with Crippen LogP contribution in [0.25, 0.3) is 10.8 Å². The number of aryl methyl sites for hydroxylation is 1. The van der Waals surface area contributed by atoms with Gasteiger partial charge in [0.15, 0.2) is 5.82 Å². The molecule has 152 valence electrons. The third-order valence-electron chi connectivity index (χ3n) is 4.69. The lowest BCUT2D eigenvalue weighted by atomic mass is 10.1. The van der Waals surface area contributed by atoms with E-state index in [-0.39, 0.29) is 5.82 Å². The number of hydrogen-bond donors (Lipinski definition) is 0. The van der Waals surface area contributed by atoms with Gasteiger partial charge in [0.1, 0.15) is 5.82 Å². The van der Waals surface area contributed by atoms with Crippen LogP contribution in [0.1, 0.15) is 30.3 Å². The topological polar surface area (TPSA) is 43.1 Å². The minimum absolute atomic E-state index is 0.325. The maximum absolute atomic E-state index is 14.1. The van der Waals surface area contributed by atoms with E-state index in [0.717, 1.165) is 35.0 Å². The zero-order valence-electron chi connectivity index (χ0n) is 16.4. The van der Waals surface area contributed by atoms with Gasteiger partial charge >= 0.3 is 0 Å². The van der Waals surface area contributed by atoms with E-state index in [4.69, 9.17) is 11.6 Å². The smallest absolute Gasteiger partial charge is 0.207 e. The van der Waals surface area contributed by atoms with Crippen molar-refractivity contribution in [2.75, 3.05) is 0 Å². The standard InChI is InChI=1S/C23H20ClFN4S/c1-2-7-22-27-28-23(30-15-19-20(24)12-6-13-21(19)25)29(22)26-14-17-10-5-9-16-8-3-4-11-18(16)17/h3-6,8-14H,2,7,15H2,1H3. The lowest BCUT2D eigenvalue weighted by molar-refractivity contribution is 0.617. The molecule has 0 radical (unpaired) electrons. The number of aromatic nitrogens is 3. The lowest BCUT2D eigenvalue weighted by Gasteiger charge is -2.07. The zero-order chi connectivity index (χ0) is 20.9.